The van der Waals surface area contributed by atoms with Gasteiger partial charge in [-0.25, -0.2) is 0 Å². The van der Waals surface area contributed by atoms with Gasteiger partial charge in [-0.15, -0.1) is 0 Å². The van der Waals surface area contributed by atoms with Crippen molar-refractivity contribution in [3.63, 3.8) is 0 Å². The molecule has 4 aromatic rings. The molecule has 27 heavy (non-hydrogen) atoms. The molecule has 0 amide bonds. The first-order chi connectivity index (χ1) is 12.9. The molecular formula is C21H17F2N3O. The van der Waals surface area contributed by atoms with Gasteiger partial charge < -0.3 is 4.98 Å². The molecule has 0 saturated heterocycles. The van der Waals surface area contributed by atoms with Gasteiger partial charge in [0.05, 0.1) is 6.20 Å². The Bertz CT molecular complexity index is 1140. The van der Waals surface area contributed by atoms with Crippen LogP contribution in [0, 0.1) is 6.92 Å². The Labute approximate surface area is 154 Å². The highest BCUT2D eigenvalue weighted by molar-refractivity contribution is 6.03. The number of benzene rings is 2. The van der Waals surface area contributed by atoms with Crippen LogP contribution in [-0.2, 0) is 13.0 Å². The quantitative estimate of drug-likeness (QED) is 0.526. The van der Waals surface area contributed by atoms with Gasteiger partial charge in [0.15, 0.2) is 0 Å². The molecule has 0 atom stereocenters. The summed E-state index contributed by atoms with van der Waals surface area (Å²) in [5.41, 5.74) is 1.89. The lowest BCUT2D eigenvalue weighted by Crippen LogP contribution is -2.27. The number of aromatic amines is 1. The summed E-state index contributed by atoms with van der Waals surface area (Å²) < 4.78 is 32.2. The highest BCUT2D eigenvalue weighted by Gasteiger charge is 2.43. The Morgan fingerprint density at radius 2 is 1.89 bits per heavy atom. The van der Waals surface area contributed by atoms with Gasteiger partial charge in [-0.2, -0.15) is 13.9 Å². The molecule has 0 unspecified atom stereocenters. The van der Waals surface area contributed by atoms with Gasteiger partial charge >= 0.3 is 5.92 Å². The number of H-pyrrole nitrogens is 1. The number of carbonyl (C=O) groups is 1. The minimum atomic E-state index is -3.68. The zero-order valence-electron chi connectivity index (χ0n) is 14.8. The number of nitrogens with zero attached hydrogens (tertiary/aromatic N) is 2. The molecule has 2 aromatic carbocycles. The monoisotopic (exact) mass is 365 g/mol. The van der Waals surface area contributed by atoms with Crippen molar-refractivity contribution in [2.45, 2.75) is 12.8 Å². The van der Waals surface area contributed by atoms with Crippen LogP contribution in [0.4, 0.5) is 8.78 Å². The summed E-state index contributed by atoms with van der Waals surface area (Å²) in [5, 5.41) is 4.89. The van der Waals surface area contributed by atoms with Crippen LogP contribution in [0.2, 0.25) is 0 Å². The van der Waals surface area contributed by atoms with E-state index in [1.165, 1.54) is 24.4 Å². The lowest BCUT2D eigenvalue weighted by atomic mass is 9.91. The van der Waals surface area contributed by atoms with E-state index in [0.717, 1.165) is 11.1 Å². The molecule has 1 N–H and O–H groups in total. The second-order valence-electron chi connectivity index (χ2n) is 6.61. The van der Waals surface area contributed by atoms with E-state index in [2.05, 4.69) is 10.1 Å². The summed E-state index contributed by atoms with van der Waals surface area (Å²) in [7, 11) is 1.72. The van der Waals surface area contributed by atoms with Gasteiger partial charge in [0.1, 0.15) is 0 Å². The molecule has 0 aliphatic heterocycles. The third kappa shape index (κ3) is 2.93. The lowest BCUT2D eigenvalue weighted by Gasteiger charge is -2.19. The van der Waals surface area contributed by atoms with Gasteiger partial charge in [-0.1, -0.05) is 30.3 Å². The molecular weight excluding hydrogens is 348 g/mol. The largest absolute Gasteiger partial charge is 0.359 e. The van der Waals surface area contributed by atoms with E-state index in [4.69, 9.17) is 0 Å². The number of carbonyl (C=O) groups excluding carboxylic acids is 1. The number of rotatable bonds is 4. The number of fused-ring (bicyclic) bond motifs is 1. The van der Waals surface area contributed by atoms with Crippen LogP contribution in [0.1, 0.15) is 21.6 Å². The van der Waals surface area contributed by atoms with Gasteiger partial charge in [-0.3, -0.25) is 9.48 Å². The minimum Gasteiger partial charge on any atom is -0.359 e. The highest BCUT2D eigenvalue weighted by Crippen LogP contribution is 2.40. The Morgan fingerprint density at radius 1 is 1.15 bits per heavy atom. The second kappa shape index (κ2) is 6.16. The van der Waals surface area contributed by atoms with Crippen LogP contribution >= 0.6 is 0 Å². The predicted molar refractivity (Wildman–Crippen MR) is 99.9 cm³/mol. The third-order valence-corrected chi connectivity index (χ3v) is 4.57. The second-order valence-corrected chi connectivity index (χ2v) is 6.61. The van der Waals surface area contributed by atoms with Crippen LogP contribution in [0.15, 0.2) is 60.9 Å². The summed E-state index contributed by atoms with van der Waals surface area (Å²) in [6.07, 6.45) is 3.18. The van der Waals surface area contributed by atoms with E-state index in [1.807, 2.05) is 13.0 Å². The van der Waals surface area contributed by atoms with Crippen LogP contribution in [0.3, 0.4) is 0 Å². The molecule has 0 fully saturated rings. The summed E-state index contributed by atoms with van der Waals surface area (Å²) >= 11 is 0. The third-order valence-electron chi connectivity index (χ3n) is 4.57. The fourth-order valence-corrected chi connectivity index (χ4v) is 3.28. The Hall–Kier alpha value is -3.28. The first-order valence-electron chi connectivity index (χ1n) is 8.47. The molecule has 4 rings (SSSR count). The van der Waals surface area contributed by atoms with Crippen LogP contribution in [0.5, 0.6) is 0 Å². The summed E-state index contributed by atoms with van der Waals surface area (Å²) in [5.74, 6) is -4.91. The normalized spacial score (nSPS) is 11.9. The average Bonchev–Trinajstić information content (AvgIpc) is 3.24. The Kier molecular flexibility index (Phi) is 3.91. The Balaban J connectivity index is 1.94. The smallest absolute Gasteiger partial charge is 0.335 e. The van der Waals surface area contributed by atoms with Crippen molar-refractivity contribution >= 4 is 16.7 Å². The molecule has 0 aliphatic carbocycles. The van der Waals surface area contributed by atoms with E-state index >= 15 is 8.78 Å². The fourth-order valence-electron chi connectivity index (χ4n) is 3.28. The predicted octanol–water partition coefficient (Wildman–Crippen LogP) is 4.85. The fraction of sp³-hybridized carbons (Fsp3) is 0.143. The summed E-state index contributed by atoms with van der Waals surface area (Å²) in [4.78, 5) is 15.7. The SMILES string of the molecule is Cc1cc2cc(-c3cnn(C)c3)c(C(F)(F)C(=O)c3ccccc3)cc2[nH]1. The maximum absolute atomic E-state index is 15.3. The number of aryl methyl sites for hydroxylation is 2. The maximum atomic E-state index is 15.3. The number of ketones is 1. The molecule has 136 valence electrons. The zero-order valence-corrected chi connectivity index (χ0v) is 14.8. The van der Waals surface area contributed by atoms with Crippen LogP contribution in [0.25, 0.3) is 22.0 Å². The van der Waals surface area contributed by atoms with Crippen molar-refractivity contribution in [2.24, 2.45) is 7.05 Å². The lowest BCUT2D eigenvalue weighted by molar-refractivity contribution is 0.00786. The zero-order chi connectivity index (χ0) is 19.2. The molecule has 4 nitrogen and oxygen atoms in total. The van der Waals surface area contributed by atoms with Crippen molar-refractivity contribution in [1.29, 1.82) is 0 Å². The molecule has 0 saturated carbocycles. The minimum absolute atomic E-state index is 0.0256. The van der Waals surface area contributed by atoms with Crippen molar-refractivity contribution in [3.8, 4) is 11.1 Å². The van der Waals surface area contributed by atoms with Gasteiger partial charge in [0.2, 0.25) is 5.78 Å². The topological polar surface area (TPSA) is 50.7 Å². The molecule has 0 spiro atoms. The Morgan fingerprint density at radius 3 is 2.56 bits per heavy atom. The standard InChI is InChI=1S/C21H17F2N3O/c1-13-8-15-9-17(16-11-24-26(2)12-16)18(10-19(15)25-13)21(22,23)20(27)14-6-4-3-5-7-14/h3-12,25H,1-2H3. The molecule has 6 heteroatoms. The molecule has 2 heterocycles. The van der Waals surface area contributed by atoms with Gasteiger partial charge in [0.25, 0.3) is 0 Å². The summed E-state index contributed by atoms with van der Waals surface area (Å²) in [6, 6.07) is 12.6. The molecule has 0 radical (unpaired) electrons. The van der Waals surface area contributed by atoms with Crippen molar-refractivity contribution in [2.75, 3.05) is 0 Å². The van der Waals surface area contributed by atoms with E-state index in [1.54, 1.807) is 42.2 Å². The first-order valence-corrected chi connectivity index (χ1v) is 8.47. The van der Waals surface area contributed by atoms with Gasteiger partial charge in [-0.05, 0) is 30.7 Å². The van der Waals surface area contributed by atoms with Crippen LogP contribution in [-0.4, -0.2) is 20.5 Å². The van der Waals surface area contributed by atoms with Crippen molar-refractivity contribution < 1.29 is 13.6 Å². The molecule has 2 aromatic heterocycles. The average molecular weight is 365 g/mol. The first kappa shape index (κ1) is 17.1. The van der Waals surface area contributed by atoms with Crippen LogP contribution < -0.4 is 0 Å². The number of nitrogens with one attached hydrogen (secondary N) is 1. The van der Waals surface area contributed by atoms with E-state index < -0.39 is 11.7 Å². The van der Waals surface area contributed by atoms with E-state index in [9.17, 15) is 4.79 Å². The number of halogens is 2. The number of aromatic nitrogens is 3. The van der Waals surface area contributed by atoms with E-state index in [0.29, 0.717) is 16.6 Å². The number of hydrogen-bond donors (Lipinski definition) is 1. The van der Waals surface area contributed by atoms with E-state index in [-0.39, 0.29) is 11.1 Å². The number of alkyl halides is 2. The van der Waals surface area contributed by atoms with Crippen molar-refractivity contribution in [3.05, 3.63) is 77.7 Å². The highest BCUT2D eigenvalue weighted by atomic mass is 19.3. The number of hydrogen-bond acceptors (Lipinski definition) is 2. The maximum Gasteiger partial charge on any atom is 0.335 e. The molecule has 0 bridgehead atoms. The molecule has 0 aliphatic rings. The van der Waals surface area contributed by atoms with Crippen molar-refractivity contribution in [1.82, 2.24) is 14.8 Å². The number of Topliss-reactive ketones (excluding diaryl/α,β-unsaturated/α-hetero) is 1. The summed E-state index contributed by atoms with van der Waals surface area (Å²) in [6.45, 7) is 1.86. The van der Waals surface area contributed by atoms with Gasteiger partial charge in [0, 0.05) is 46.5 Å².